The van der Waals surface area contributed by atoms with Crippen molar-refractivity contribution in [2.24, 2.45) is 11.7 Å². The maximum atomic E-state index is 6.12. The molecule has 3 saturated heterocycles. The monoisotopic (exact) mass is 224 g/mol. The van der Waals surface area contributed by atoms with E-state index in [4.69, 9.17) is 10.5 Å². The molecule has 0 saturated carbocycles. The SMILES string of the molecule is CC(C1CCOC1)N1C2CCC1CC(N)C2. The third-order valence-corrected chi connectivity index (χ3v) is 4.94. The van der Waals surface area contributed by atoms with Crippen LogP contribution in [0.15, 0.2) is 0 Å². The van der Waals surface area contributed by atoms with E-state index in [1.165, 1.54) is 32.1 Å². The van der Waals surface area contributed by atoms with E-state index in [0.717, 1.165) is 31.2 Å². The first kappa shape index (κ1) is 11.0. The molecule has 0 aliphatic carbocycles. The van der Waals surface area contributed by atoms with E-state index in [-0.39, 0.29) is 0 Å². The van der Waals surface area contributed by atoms with Gasteiger partial charge in [0.05, 0.1) is 6.61 Å². The molecule has 0 aromatic carbocycles. The average Bonchev–Trinajstić information content (AvgIpc) is 2.85. The van der Waals surface area contributed by atoms with Gasteiger partial charge in [-0.1, -0.05) is 0 Å². The highest BCUT2D eigenvalue weighted by atomic mass is 16.5. The lowest BCUT2D eigenvalue weighted by molar-refractivity contribution is 0.0507. The highest BCUT2D eigenvalue weighted by Gasteiger charge is 2.43. The van der Waals surface area contributed by atoms with Gasteiger partial charge in [-0.2, -0.15) is 0 Å². The molecular weight excluding hydrogens is 200 g/mol. The number of piperidine rings is 1. The summed E-state index contributed by atoms with van der Waals surface area (Å²) in [4.78, 5) is 2.78. The molecule has 92 valence electrons. The summed E-state index contributed by atoms with van der Waals surface area (Å²) in [5.41, 5.74) is 6.12. The Bertz CT molecular complexity index is 238. The second-order valence-electron chi connectivity index (χ2n) is 5.93. The fraction of sp³-hybridized carbons (Fsp3) is 1.00. The molecular formula is C13H24N2O. The molecule has 0 amide bonds. The predicted octanol–water partition coefficient (Wildman–Crippen LogP) is 1.37. The lowest BCUT2D eigenvalue weighted by Crippen LogP contribution is -2.53. The summed E-state index contributed by atoms with van der Waals surface area (Å²) in [5.74, 6) is 0.762. The van der Waals surface area contributed by atoms with Crippen LogP contribution in [-0.4, -0.2) is 42.3 Å². The van der Waals surface area contributed by atoms with E-state index in [9.17, 15) is 0 Å². The molecule has 16 heavy (non-hydrogen) atoms. The van der Waals surface area contributed by atoms with E-state index in [2.05, 4.69) is 11.8 Å². The van der Waals surface area contributed by atoms with Crippen molar-refractivity contribution in [1.29, 1.82) is 0 Å². The Hall–Kier alpha value is -0.120. The van der Waals surface area contributed by atoms with Gasteiger partial charge in [0, 0.05) is 30.8 Å². The number of nitrogens with two attached hydrogens (primary N) is 1. The highest BCUT2D eigenvalue weighted by molar-refractivity contribution is 4.99. The topological polar surface area (TPSA) is 38.5 Å². The molecule has 3 rings (SSSR count). The van der Waals surface area contributed by atoms with Gasteiger partial charge in [-0.25, -0.2) is 0 Å². The summed E-state index contributed by atoms with van der Waals surface area (Å²) in [6.07, 6.45) is 6.43. The number of fused-ring (bicyclic) bond motifs is 2. The Balaban J connectivity index is 1.70. The number of nitrogens with zero attached hydrogens (tertiary/aromatic N) is 1. The standard InChI is InChI=1S/C13H24N2O/c1-9(10-4-5-16-8-10)15-12-2-3-13(15)7-11(14)6-12/h9-13H,2-8,14H2,1H3. The Labute approximate surface area is 98.3 Å². The molecule has 0 radical (unpaired) electrons. The van der Waals surface area contributed by atoms with Crippen molar-refractivity contribution in [3.05, 3.63) is 0 Å². The van der Waals surface area contributed by atoms with Crippen LogP contribution in [0.4, 0.5) is 0 Å². The number of ether oxygens (including phenoxy) is 1. The van der Waals surface area contributed by atoms with Gasteiger partial charge in [-0.05, 0) is 44.9 Å². The van der Waals surface area contributed by atoms with Crippen LogP contribution in [0.25, 0.3) is 0 Å². The van der Waals surface area contributed by atoms with Crippen molar-refractivity contribution in [3.63, 3.8) is 0 Å². The zero-order valence-electron chi connectivity index (χ0n) is 10.3. The van der Waals surface area contributed by atoms with Gasteiger partial charge in [0.25, 0.3) is 0 Å². The molecule has 4 atom stereocenters. The Morgan fingerprint density at radius 2 is 1.88 bits per heavy atom. The highest BCUT2D eigenvalue weighted by Crippen LogP contribution is 2.39. The van der Waals surface area contributed by atoms with Crippen molar-refractivity contribution in [1.82, 2.24) is 4.90 Å². The molecule has 3 aliphatic rings. The van der Waals surface area contributed by atoms with Gasteiger partial charge in [-0.3, -0.25) is 4.90 Å². The van der Waals surface area contributed by atoms with E-state index < -0.39 is 0 Å². The summed E-state index contributed by atoms with van der Waals surface area (Å²) >= 11 is 0. The smallest absolute Gasteiger partial charge is 0.0509 e. The van der Waals surface area contributed by atoms with Crippen LogP contribution < -0.4 is 5.73 Å². The fourth-order valence-electron chi connectivity index (χ4n) is 4.10. The van der Waals surface area contributed by atoms with Crippen molar-refractivity contribution in [2.75, 3.05) is 13.2 Å². The lowest BCUT2D eigenvalue weighted by Gasteiger charge is -2.43. The summed E-state index contributed by atoms with van der Waals surface area (Å²) in [5, 5.41) is 0. The largest absolute Gasteiger partial charge is 0.381 e. The van der Waals surface area contributed by atoms with Gasteiger partial charge >= 0.3 is 0 Å². The first-order chi connectivity index (χ1) is 7.75. The fourth-order valence-corrected chi connectivity index (χ4v) is 4.10. The summed E-state index contributed by atoms with van der Waals surface area (Å²) < 4.78 is 5.53. The molecule has 0 aromatic rings. The molecule has 3 aliphatic heterocycles. The van der Waals surface area contributed by atoms with Crippen molar-refractivity contribution < 1.29 is 4.74 Å². The third kappa shape index (κ3) is 1.79. The summed E-state index contributed by atoms with van der Waals surface area (Å²) in [6, 6.07) is 2.70. The van der Waals surface area contributed by atoms with E-state index in [1.54, 1.807) is 0 Å². The molecule has 3 heteroatoms. The van der Waals surface area contributed by atoms with Crippen LogP contribution in [0.1, 0.15) is 39.0 Å². The van der Waals surface area contributed by atoms with Crippen LogP contribution >= 0.6 is 0 Å². The third-order valence-electron chi connectivity index (χ3n) is 4.94. The molecule has 3 fully saturated rings. The van der Waals surface area contributed by atoms with Gasteiger partial charge in [0.15, 0.2) is 0 Å². The Kier molecular flexibility index (Phi) is 2.94. The molecule has 2 bridgehead atoms. The van der Waals surface area contributed by atoms with E-state index in [1.807, 2.05) is 0 Å². The van der Waals surface area contributed by atoms with Gasteiger partial charge < -0.3 is 10.5 Å². The first-order valence-corrected chi connectivity index (χ1v) is 6.86. The van der Waals surface area contributed by atoms with Crippen LogP contribution in [0.5, 0.6) is 0 Å². The molecule has 4 unspecified atom stereocenters. The molecule has 3 heterocycles. The number of rotatable bonds is 2. The Morgan fingerprint density at radius 3 is 2.44 bits per heavy atom. The Morgan fingerprint density at radius 1 is 1.19 bits per heavy atom. The normalized spacial score (nSPS) is 46.1. The zero-order valence-corrected chi connectivity index (χ0v) is 10.3. The minimum atomic E-state index is 0.459. The average molecular weight is 224 g/mol. The summed E-state index contributed by atoms with van der Waals surface area (Å²) in [7, 11) is 0. The number of hydrogen-bond donors (Lipinski definition) is 1. The minimum Gasteiger partial charge on any atom is -0.381 e. The van der Waals surface area contributed by atoms with Crippen LogP contribution in [-0.2, 0) is 4.74 Å². The van der Waals surface area contributed by atoms with E-state index in [0.29, 0.717) is 12.1 Å². The maximum absolute atomic E-state index is 6.12. The second-order valence-corrected chi connectivity index (χ2v) is 5.93. The predicted molar refractivity (Wildman–Crippen MR) is 64.2 cm³/mol. The van der Waals surface area contributed by atoms with E-state index >= 15 is 0 Å². The minimum absolute atomic E-state index is 0.459. The van der Waals surface area contributed by atoms with Gasteiger partial charge in [0.1, 0.15) is 0 Å². The molecule has 2 N–H and O–H groups in total. The molecule has 0 spiro atoms. The zero-order chi connectivity index (χ0) is 11.1. The van der Waals surface area contributed by atoms with Crippen LogP contribution in [0.3, 0.4) is 0 Å². The van der Waals surface area contributed by atoms with Crippen molar-refractivity contribution >= 4 is 0 Å². The van der Waals surface area contributed by atoms with Crippen molar-refractivity contribution in [3.8, 4) is 0 Å². The van der Waals surface area contributed by atoms with Crippen LogP contribution in [0, 0.1) is 5.92 Å². The maximum Gasteiger partial charge on any atom is 0.0509 e. The quantitative estimate of drug-likeness (QED) is 0.770. The molecule has 3 nitrogen and oxygen atoms in total. The van der Waals surface area contributed by atoms with Gasteiger partial charge in [-0.15, -0.1) is 0 Å². The second kappa shape index (κ2) is 4.28. The van der Waals surface area contributed by atoms with Gasteiger partial charge in [0.2, 0.25) is 0 Å². The van der Waals surface area contributed by atoms with Crippen molar-refractivity contribution in [2.45, 2.75) is 63.2 Å². The molecule has 0 aromatic heterocycles. The van der Waals surface area contributed by atoms with Crippen LogP contribution in [0.2, 0.25) is 0 Å². The number of hydrogen-bond acceptors (Lipinski definition) is 3. The first-order valence-electron chi connectivity index (χ1n) is 6.86. The lowest BCUT2D eigenvalue weighted by atomic mass is 9.91. The summed E-state index contributed by atoms with van der Waals surface area (Å²) in [6.45, 7) is 4.35.